The highest BCUT2D eigenvalue weighted by Gasteiger charge is 2.32. The second-order valence-electron chi connectivity index (χ2n) is 4.75. The van der Waals surface area contributed by atoms with E-state index in [1.807, 2.05) is 13.8 Å². The largest absolute Gasteiger partial charge is 0.417 e. The van der Waals surface area contributed by atoms with Gasteiger partial charge >= 0.3 is 6.18 Å². The van der Waals surface area contributed by atoms with Crippen molar-refractivity contribution < 1.29 is 13.2 Å². The van der Waals surface area contributed by atoms with Gasteiger partial charge in [0.25, 0.3) is 5.56 Å². The molecule has 0 spiro atoms. The first-order valence-electron chi connectivity index (χ1n) is 6.16. The summed E-state index contributed by atoms with van der Waals surface area (Å²) in [5, 5.41) is 0. The zero-order valence-electron chi connectivity index (χ0n) is 11.0. The van der Waals surface area contributed by atoms with Crippen LogP contribution >= 0.6 is 12.6 Å². The minimum absolute atomic E-state index is 0.253. The minimum atomic E-state index is -4.43. The van der Waals surface area contributed by atoms with E-state index in [4.69, 9.17) is 0 Å². The molecule has 0 saturated heterocycles. The van der Waals surface area contributed by atoms with Gasteiger partial charge in [-0.1, -0.05) is 13.8 Å². The summed E-state index contributed by atoms with van der Waals surface area (Å²) in [4.78, 5) is 11.7. The second kappa shape index (κ2) is 6.03. The number of aromatic nitrogens is 1. The molecule has 0 aromatic carbocycles. The van der Waals surface area contributed by atoms with E-state index in [2.05, 4.69) is 12.6 Å². The lowest BCUT2D eigenvalue weighted by Crippen LogP contribution is -2.33. The Morgan fingerprint density at radius 2 is 1.79 bits per heavy atom. The van der Waals surface area contributed by atoms with E-state index < -0.39 is 17.3 Å². The zero-order valence-corrected chi connectivity index (χ0v) is 11.9. The number of pyridine rings is 1. The van der Waals surface area contributed by atoms with Crippen molar-refractivity contribution in [3.05, 3.63) is 34.2 Å². The van der Waals surface area contributed by atoms with Gasteiger partial charge in [-0.15, -0.1) is 0 Å². The summed E-state index contributed by atoms with van der Waals surface area (Å²) in [6.45, 7) is 4.17. The summed E-state index contributed by atoms with van der Waals surface area (Å²) in [6.07, 6.45) is -2.02. The topological polar surface area (TPSA) is 22.0 Å². The molecule has 2 nitrogen and oxygen atoms in total. The summed E-state index contributed by atoms with van der Waals surface area (Å²) >= 11 is 4.27. The maximum atomic E-state index is 12.6. The molecule has 0 amide bonds. The molecule has 6 heteroatoms. The molecule has 0 unspecified atom stereocenters. The third-order valence-corrected chi connectivity index (χ3v) is 4.32. The van der Waals surface area contributed by atoms with E-state index >= 15 is 0 Å². The fraction of sp³-hybridized carbons (Fsp3) is 0.615. The number of hydrogen-bond donors (Lipinski definition) is 1. The van der Waals surface area contributed by atoms with Gasteiger partial charge in [0.2, 0.25) is 0 Å². The van der Waals surface area contributed by atoms with Crippen molar-refractivity contribution in [1.82, 2.24) is 4.57 Å². The molecule has 108 valence electrons. The van der Waals surface area contributed by atoms with E-state index in [0.29, 0.717) is 5.75 Å². The lowest BCUT2D eigenvalue weighted by atomic mass is 9.84. The normalized spacial score (nSPS) is 12.7. The SMILES string of the molecule is CCC(CC)(CS)Cn1cc(C(F)(F)F)ccc1=O. The van der Waals surface area contributed by atoms with Gasteiger partial charge in [-0.2, -0.15) is 25.8 Å². The third-order valence-electron chi connectivity index (χ3n) is 3.65. The molecule has 0 aliphatic heterocycles. The molecule has 0 bridgehead atoms. The number of hydrogen-bond acceptors (Lipinski definition) is 2. The highest BCUT2D eigenvalue weighted by Crippen LogP contribution is 2.31. The van der Waals surface area contributed by atoms with Crippen LogP contribution in [0, 0.1) is 5.41 Å². The highest BCUT2D eigenvalue weighted by atomic mass is 32.1. The van der Waals surface area contributed by atoms with Gasteiger partial charge in [-0.25, -0.2) is 0 Å². The van der Waals surface area contributed by atoms with Crippen molar-refractivity contribution in [3.8, 4) is 0 Å². The van der Waals surface area contributed by atoms with Crippen molar-refractivity contribution in [2.45, 2.75) is 39.4 Å². The van der Waals surface area contributed by atoms with Crippen LogP contribution in [0.25, 0.3) is 0 Å². The Kier molecular flexibility index (Phi) is 5.12. The molecule has 0 saturated carbocycles. The summed E-state index contributed by atoms with van der Waals surface area (Å²) in [5.74, 6) is 0.530. The maximum Gasteiger partial charge on any atom is 0.417 e. The lowest BCUT2D eigenvalue weighted by Gasteiger charge is -2.30. The molecule has 0 aliphatic rings. The van der Waals surface area contributed by atoms with Gasteiger partial charge in [0.1, 0.15) is 0 Å². The van der Waals surface area contributed by atoms with Crippen molar-refractivity contribution >= 4 is 12.6 Å². The van der Waals surface area contributed by atoms with Gasteiger partial charge in [-0.05, 0) is 30.1 Å². The number of alkyl halides is 3. The number of thiol groups is 1. The molecule has 1 heterocycles. The van der Waals surface area contributed by atoms with Crippen LogP contribution < -0.4 is 5.56 Å². The Morgan fingerprint density at radius 3 is 2.21 bits per heavy atom. The van der Waals surface area contributed by atoms with E-state index in [1.54, 1.807) is 0 Å². The first-order chi connectivity index (χ1) is 8.78. The van der Waals surface area contributed by atoms with Crippen molar-refractivity contribution in [2.24, 2.45) is 5.41 Å². The highest BCUT2D eigenvalue weighted by molar-refractivity contribution is 7.80. The van der Waals surface area contributed by atoms with Crippen LogP contribution in [0.5, 0.6) is 0 Å². The monoisotopic (exact) mass is 293 g/mol. The fourth-order valence-electron chi connectivity index (χ4n) is 1.93. The van der Waals surface area contributed by atoms with Crippen LogP contribution in [-0.2, 0) is 12.7 Å². The van der Waals surface area contributed by atoms with Gasteiger partial charge in [0.05, 0.1) is 5.56 Å². The van der Waals surface area contributed by atoms with Crippen LogP contribution in [0.4, 0.5) is 13.2 Å². The molecule has 0 fully saturated rings. The third kappa shape index (κ3) is 3.78. The average molecular weight is 293 g/mol. The molecule has 1 rings (SSSR count). The average Bonchev–Trinajstić information content (AvgIpc) is 2.37. The van der Waals surface area contributed by atoms with E-state index in [-0.39, 0.29) is 12.0 Å². The Hall–Kier alpha value is -0.910. The second-order valence-corrected chi connectivity index (χ2v) is 5.06. The van der Waals surface area contributed by atoms with Crippen molar-refractivity contribution in [1.29, 1.82) is 0 Å². The molecule has 0 radical (unpaired) electrons. The van der Waals surface area contributed by atoms with E-state index in [0.717, 1.165) is 35.7 Å². The van der Waals surface area contributed by atoms with Gasteiger partial charge < -0.3 is 4.57 Å². The standard InChI is InChI=1S/C13H18F3NOS/c1-3-12(4-2,9-19)8-17-7-10(13(14,15)16)5-6-11(17)18/h5-7,19H,3-4,8-9H2,1-2H3. The smallest absolute Gasteiger partial charge is 0.314 e. The van der Waals surface area contributed by atoms with E-state index in [1.165, 1.54) is 0 Å². The Balaban J connectivity index is 3.17. The molecule has 0 atom stereocenters. The Bertz CT molecular complexity index is 469. The number of halogens is 3. The molecule has 1 aromatic rings. The van der Waals surface area contributed by atoms with Crippen LogP contribution in [0.2, 0.25) is 0 Å². The molecular formula is C13H18F3NOS. The molecule has 19 heavy (non-hydrogen) atoms. The molecule has 1 aromatic heterocycles. The van der Waals surface area contributed by atoms with Crippen LogP contribution in [-0.4, -0.2) is 10.3 Å². The molecule has 0 N–H and O–H groups in total. The number of nitrogens with zero attached hydrogens (tertiary/aromatic N) is 1. The first-order valence-corrected chi connectivity index (χ1v) is 6.80. The zero-order chi connectivity index (χ0) is 14.7. The quantitative estimate of drug-likeness (QED) is 0.823. The molecule has 0 aliphatic carbocycles. The maximum absolute atomic E-state index is 12.6. The minimum Gasteiger partial charge on any atom is -0.314 e. The van der Waals surface area contributed by atoms with Crippen molar-refractivity contribution in [2.75, 3.05) is 5.75 Å². The number of rotatable bonds is 5. The van der Waals surface area contributed by atoms with Gasteiger partial charge in [-0.3, -0.25) is 4.79 Å². The van der Waals surface area contributed by atoms with Crippen molar-refractivity contribution in [3.63, 3.8) is 0 Å². The summed E-state index contributed by atoms with van der Waals surface area (Å²) in [5.41, 5.74) is -1.47. The lowest BCUT2D eigenvalue weighted by molar-refractivity contribution is -0.138. The predicted octanol–water partition coefficient (Wildman–Crippen LogP) is 3.60. The fourth-order valence-corrected chi connectivity index (χ4v) is 2.48. The first kappa shape index (κ1) is 16.1. The summed E-state index contributed by atoms with van der Waals surface area (Å²) in [7, 11) is 0. The Morgan fingerprint density at radius 1 is 1.21 bits per heavy atom. The van der Waals surface area contributed by atoms with E-state index in [9.17, 15) is 18.0 Å². The molecular weight excluding hydrogens is 275 g/mol. The Labute approximate surface area is 116 Å². The van der Waals surface area contributed by atoms with Gasteiger partial charge in [0, 0.05) is 18.8 Å². The van der Waals surface area contributed by atoms with Crippen LogP contribution in [0.1, 0.15) is 32.3 Å². The van der Waals surface area contributed by atoms with Gasteiger partial charge in [0.15, 0.2) is 0 Å². The van der Waals surface area contributed by atoms with Crippen LogP contribution in [0.15, 0.2) is 23.1 Å². The van der Waals surface area contributed by atoms with Crippen LogP contribution in [0.3, 0.4) is 0 Å². The predicted molar refractivity (Wildman–Crippen MR) is 72.6 cm³/mol. The summed E-state index contributed by atoms with van der Waals surface area (Å²) < 4.78 is 39.1. The summed E-state index contributed by atoms with van der Waals surface area (Å²) in [6, 6.07) is 1.79.